The molecule has 1 atom stereocenters. The van der Waals surface area contributed by atoms with Gasteiger partial charge in [-0.15, -0.1) is 0 Å². The Bertz CT molecular complexity index is 391. The normalized spacial score (nSPS) is 19.6. The monoisotopic (exact) mass is 306 g/mol. The Kier molecular flexibility index (Phi) is 7.47. The van der Waals surface area contributed by atoms with E-state index in [4.69, 9.17) is 5.11 Å². The number of hydrogen-bond acceptors (Lipinski definition) is 4. The molecule has 0 saturated carbocycles. The third-order valence-electron chi connectivity index (χ3n) is 3.53. The lowest BCUT2D eigenvalue weighted by atomic mass is 10.2. The summed E-state index contributed by atoms with van der Waals surface area (Å²) < 4.78 is 26.2. The zero-order valence-electron chi connectivity index (χ0n) is 12.2. The molecule has 0 bridgehead atoms. The predicted octanol–water partition coefficient (Wildman–Crippen LogP) is 1.04. The lowest BCUT2D eigenvalue weighted by molar-refractivity contribution is -0.137. The topological polar surface area (TPSA) is 86.7 Å². The standard InChI is InChI=1S/C13H26N2O4S/c1-2-3-9-15(11-12-6-4-8-14-12)20(18,19)10-5-7-13(16)17/h12,14H,2-11H2,1H3,(H,16,17). The second kappa shape index (κ2) is 8.59. The van der Waals surface area contributed by atoms with E-state index in [0.717, 1.165) is 32.2 Å². The molecule has 0 radical (unpaired) electrons. The molecule has 0 aromatic heterocycles. The van der Waals surface area contributed by atoms with Gasteiger partial charge in [0.15, 0.2) is 0 Å². The van der Waals surface area contributed by atoms with Crippen LogP contribution in [-0.2, 0) is 14.8 Å². The number of nitrogens with one attached hydrogen (secondary N) is 1. The summed E-state index contributed by atoms with van der Waals surface area (Å²) in [6.07, 6.45) is 3.96. The Morgan fingerprint density at radius 2 is 2.15 bits per heavy atom. The summed E-state index contributed by atoms with van der Waals surface area (Å²) in [5.74, 6) is -1.02. The summed E-state index contributed by atoms with van der Waals surface area (Å²) >= 11 is 0. The molecule has 1 rings (SSSR count). The minimum atomic E-state index is -3.35. The molecule has 1 aliphatic rings. The first-order valence-electron chi connectivity index (χ1n) is 7.38. The van der Waals surface area contributed by atoms with Crippen molar-refractivity contribution in [1.29, 1.82) is 0 Å². The fraction of sp³-hybridized carbons (Fsp3) is 0.923. The number of nitrogens with zero attached hydrogens (tertiary/aromatic N) is 1. The maximum absolute atomic E-state index is 12.3. The van der Waals surface area contributed by atoms with Gasteiger partial charge in [-0.25, -0.2) is 12.7 Å². The van der Waals surface area contributed by atoms with Crippen molar-refractivity contribution >= 4 is 16.0 Å². The van der Waals surface area contributed by atoms with Gasteiger partial charge in [-0.1, -0.05) is 13.3 Å². The number of aliphatic carboxylic acids is 1. The van der Waals surface area contributed by atoms with Crippen LogP contribution in [0.2, 0.25) is 0 Å². The second-order valence-corrected chi connectivity index (χ2v) is 7.41. The molecule has 6 nitrogen and oxygen atoms in total. The van der Waals surface area contributed by atoms with Crippen LogP contribution in [0.25, 0.3) is 0 Å². The van der Waals surface area contributed by atoms with Crippen LogP contribution in [0.3, 0.4) is 0 Å². The molecule has 0 aliphatic carbocycles. The third kappa shape index (κ3) is 6.19. The van der Waals surface area contributed by atoms with Gasteiger partial charge < -0.3 is 10.4 Å². The largest absolute Gasteiger partial charge is 0.481 e. The molecule has 1 aliphatic heterocycles. The number of carbonyl (C=O) groups is 1. The molecular formula is C13H26N2O4S. The van der Waals surface area contributed by atoms with Crippen molar-refractivity contribution in [3.8, 4) is 0 Å². The van der Waals surface area contributed by atoms with Crippen LogP contribution >= 0.6 is 0 Å². The fourth-order valence-electron chi connectivity index (χ4n) is 2.37. The molecule has 20 heavy (non-hydrogen) atoms. The first-order chi connectivity index (χ1) is 9.45. The van der Waals surface area contributed by atoms with Crippen molar-refractivity contribution in [2.24, 2.45) is 0 Å². The molecule has 1 saturated heterocycles. The molecule has 1 unspecified atom stereocenters. The SMILES string of the molecule is CCCCN(CC1CCCN1)S(=O)(=O)CCCC(=O)O. The number of unbranched alkanes of at least 4 members (excludes halogenated alkanes) is 1. The summed E-state index contributed by atoms with van der Waals surface area (Å²) in [5, 5.41) is 11.9. The number of hydrogen-bond donors (Lipinski definition) is 2. The average molecular weight is 306 g/mol. The van der Waals surface area contributed by atoms with Crippen molar-refractivity contribution in [2.45, 2.75) is 51.5 Å². The van der Waals surface area contributed by atoms with Crippen molar-refractivity contribution in [2.75, 3.05) is 25.4 Å². The van der Waals surface area contributed by atoms with Gasteiger partial charge in [0, 0.05) is 25.6 Å². The number of carboxylic acids is 1. The molecule has 7 heteroatoms. The number of sulfonamides is 1. The van der Waals surface area contributed by atoms with Crippen molar-refractivity contribution < 1.29 is 18.3 Å². The Hall–Kier alpha value is -0.660. The van der Waals surface area contributed by atoms with Crippen molar-refractivity contribution in [3.05, 3.63) is 0 Å². The van der Waals surface area contributed by atoms with E-state index >= 15 is 0 Å². The van der Waals surface area contributed by atoms with Crippen molar-refractivity contribution in [3.63, 3.8) is 0 Å². The maximum atomic E-state index is 12.3. The first kappa shape index (κ1) is 17.4. The van der Waals surface area contributed by atoms with Crippen molar-refractivity contribution in [1.82, 2.24) is 9.62 Å². The van der Waals surface area contributed by atoms with E-state index in [9.17, 15) is 13.2 Å². The van der Waals surface area contributed by atoms with Gasteiger partial charge in [0.05, 0.1) is 5.75 Å². The lowest BCUT2D eigenvalue weighted by Crippen LogP contribution is -2.42. The highest BCUT2D eigenvalue weighted by Gasteiger charge is 2.26. The quantitative estimate of drug-likeness (QED) is 0.629. The summed E-state index contributed by atoms with van der Waals surface area (Å²) in [7, 11) is -3.35. The molecule has 0 aromatic rings. The van der Waals surface area contributed by atoms with Crippen LogP contribution in [0.4, 0.5) is 0 Å². The van der Waals surface area contributed by atoms with Crippen LogP contribution < -0.4 is 5.32 Å². The average Bonchev–Trinajstić information content (AvgIpc) is 2.86. The summed E-state index contributed by atoms with van der Waals surface area (Å²) in [4.78, 5) is 10.5. The van der Waals surface area contributed by atoms with Gasteiger partial charge in [-0.2, -0.15) is 0 Å². The van der Waals surface area contributed by atoms with Crippen LogP contribution in [0.5, 0.6) is 0 Å². The molecule has 0 spiro atoms. The summed E-state index contributed by atoms with van der Waals surface area (Å²) in [6, 6.07) is 0.237. The first-order valence-corrected chi connectivity index (χ1v) is 8.99. The van der Waals surface area contributed by atoms with Gasteiger partial charge in [0.2, 0.25) is 10.0 Å². The minimum absolute atomic E-state index is 0.0737. The Morgan fingerprint density at radius 3 is 2.70 bits per heavy atom. The third-order valence-corrected chi connectivity index (χ3v) is 5.46. The van der Waals surface area contributed by atoms with E-state index < -0.39 is 16.0 Å². The molecule has 0 amide bonds. The Balaban J connectivity index is 2.56. The number of rotatable bonds is 10. The number of carboxylic acid groups (broad SMARTS) is 1. The zero-order valence-corrected chi connectivity index (χ0v) is 13.0. The van der Waals surface area contributed by atoms with E-state index in [-0.39, 0.29) is 24.6 Å². The van der Waals surface area contributed by atoms with Crippen LogP contribution in [-0.4, -0.2) is 55.2 Å². The van der Waals surface area contributed by atoms with E-state index in [1.807, 2.05) is 6.92 Å². The predicted molar refractivity (Wildman–Crippen MR) is 78.2 cm³/mol. The molecule has 2 N–H and O–H groups in total. The molecule has 0 aromatic carbocycles. The highest BCUT2D eigenvalue weighted by molar-refractivity contribution is 7.89. The summed E-state index contributed by atoms with van der Waals surface area (Å²) in [6.45, 7) is 4.02. The molecule has 1 heterocycles. The lowest BCUT2D eigenvalue weighted by Gasteiger charge is -2.25. The molecular weight excluding hydrogens is 280 g/mol. The Labute approximate surface area is 121 Å². The van der Waals surface area contributed by atoms with Gasteiger partial charge in [0.25, 0.3) is 0 Å². The van der Waals surface area contributed by atoms with Crippen LogP contribution in [0, 0.1) is 0 Å². The second-order valence-electron chi connectivity index (χ2n) is 5.32. The Morgan fingerprint density at radius 1 is 1.40 bits per heavy atom. The highest BCUT2D eigenvalue weighted by Crippen LogP contribution is 2.13. The van der Waals surface area contributed by atoms with E-state index in [2.05, 4.69) is 5.32 Å². The highest BCUT2D eigenvalue weighted by atomic mass is 32.2. The van der Waals surface area contributed by atoms with E-state index in [1.165, 1.54) is 0 Å². The van der Waals surface area contributed by atoms with Gasteiger partial charge in [-0.05, 0) is 32.2 Å². The van der Waals surface area contributed by atoms with Crippen LogP contribution in [0.1, 0.15) is 45.4 Å². The van der Waals surface area contributed by atoms with Crippen LogP contribution in [0.15, 0.2) is 0 Å². The van der Waals surface area contributed by atoms with Gasteiger partial charge in [0.1, 0.15) is 0 Å². The minimum Gasteiger partial charge on any atom is -0.481 e. The van der Waals surface area contributed by atoms with E-state index in [0.29, 0.717) is 13.1 Å². The smallest absolute Gasteiger partial charge is 0.303 e. The van der Waals surface area contributed by atoms with E-state index in [1.54, 1.807) is 4.31 Å². The fourth-order valence-corrected chi connectivity index (χ4v) is 3.95. The zero-order chi connectivity index (χ0) is 15.0. The van der Waals surface area contributed by atoms with Gasteiger partial charge >= 0.3 is 5.97 Å². The maximum Gasteiger partial charge on any atom is 0.303 e. The van der Waals surface area contributed by atoms with Gasteiger partial charge in [-0.3, -0.25) is 4.79 Å². The molecule has 118 valence electrons. The molecule has 1 fully saturated rings. The summed E-state index contributed by atoms with van der Waals surface area (Å²) in [5.41, 5.74) is 0.